The third kappa shape index (κ3) is 4.56. The fourth-order valence-corrected chi connectivity index (χ4v) is 2.52. The highest BCUT2D eigenvalue weighted by atomic mass is 16.5. The molecule has 0 saturated carbocycles. The summed E-state index contributed by atoms with van der Waals surface area (Å²) in [5, 5.41) is 2.70. The SMILES string of the molecule is Cc1ccnc(NC(=O)CCC(=O)c2ccc3c(c2)OCCCO3)c1. The van der Waals surface area contributed by atoms with Crippen LogP contribution in [0.25, 0.3) is 0 Å². The number of nitrogens with zero attached hydrogens (tertiary/aromatic N) is 1. The molecule has 130 valence electrons. The van der Waals surface area contributed by atoms with Gasteiger partial charge in [-0.15, -0.1) is 0 Å². The fourth-order valence-electron chi connectivity index (χ4n) is 2.52. The van der Waals surface area contributed by atoms with Gasteiger partial charge < -0.3 is 14.8 Å². The van der Waals surface area contributed by atoms with Crippen LogP contribution in [-0.4, -0.2) is 29.9 Å². The quantitative estimate of drug-likeness (QED) is 0.846. The number of hydrogen-bond acceptors (Lipinski definition) is 5. The topological polar surface area (TPSA) is 77.5 Å². The molecule has 0 aliphatic carbocycles. The van der Waals surface area contributed by atoms with Crippen molar-refractivity contribution in [2.24, 2.45) is 0 Å². The second-order valence-electron chi connectivity index (χ2n) is 5.90. The van der Waals surface area contributed by atoms with Crippen LogP contribution in [0, 0.1) is 6.92 Å². The van der Waals surface area contributed by atoms with Gasteiger partial charge in [0.1, 0.15) is 5.82 Å². The Morgan fingerprint density at radius 2 is 1.88 bits per heavy atom. The maximum atomic E-state index is 12.3. The summed E-state index contributed by atoms with van der Waals surface area (Å²) in [6.45, 7) is 3.09. The Kier molecular flexibility index (Phi) is 5.28. The van der Waals surface area contributed by atoms with Crippen molar-refractivity contribution in [1.82, 2.24) is 4.98 Å². The fraction of sp³-hybridized carbons (Fsp3) is 0.316. The molecule has 0 radical (unpaired) electrons. The third-order valence-corrected chi connectivity index (χ3v) is 3.83. The van der Waals surface area contributed by atoms with E-state index in [2.05, 4.69) is 10.3 Å². The van der Waals surface area contributed by atoms with Gasteiger partial charge in [-0.05, 0) is 42.8 Å². The van der Waals surface area contributed by atoms with Gasteiger partial charge in [0.15, 0.2) is 17.3 Å². The number of aryl methyl sites for hydroxylation is 1. The molecule has 2 heterocycles. The monoisotopic (exact) mass is 340 g/mol. The van der Waals surface area contributed by atoms with E-state index < -0.39 is 0 Å². The van der Waals surface area contributed by atoms with Gasteiger partial charge in [-0.3, -0.25) is 9.59 Å². The maximum absolute atomic E-state index is 12.3. The smallest absolute Gasteiger partial charge is 0.225 e. The van der Waals surface area contributed by atoms with Crippen LogP contribution in [0.2, 0.25) is 0 Å². The largest absolute Gasteiger partial charge is 0.490 e. The molecule has 3 rings (SSSR count). The first-order chi connectivity index (χ1) is 12.1. The summed E-state index contributed by atoms with van der Waals surface area (Å²) >= 11 is 0. The van der Waals surface area contributed by atoms with Crippen molar-refractivity contribution in [3.8, 4) is 11.5 Å². The molecule has 0 spiro atoms. The highest BCUT2D eigenvalue weighted by Gasteiger charge is 2.15. The Bertz CT molecular complexity index is 789. The Morgan fingerprint density at radius 3 is 2.68 bits per heavy atom. The number of hydrogen-bond donors (Lipinski definition) is 1. The van der Waals surface area contributed by atoms with Gasteiger partial charge in [-0.2, -0.15) is 0 Å². The molecule has 1 aromatic heterocycles. The molecule has 1 aromatic carbocycles. The molecule has 2 aromatic rings. The number of ketones is 1. The van der Waals surface area contributed by atoms with Gasteiger partial charge in [-0.25, -0.2) is 4.98 Å². The van der Waals surface area contributed by atoms with Gasteiger partial charge in [0, 0.05) is 31.0 Å². The van der Waals surface area contributed by atoms with Crippen molar-refractivity contribution < 1.29 is 19.1 Å². The second-order valence-corrected chi connectivity index (χ2v) is 5.90. The van der Waals surface area contributed by atoms with Crippen LogP contribution in [0.1, 0.15) is 35.2 Å². The molecule has 1 aliphatic heterocycles. The van der Waals surface area contributed by atoms with Crippen molar-refractivity contribution >= 4 is 17.5 Å². The van der Waals surface area contributed by atoms with Crippen LogP contribution in [0.15, 0.2) is 36.5 Å². The average molecular weight is 340 g/mol. The summed E-state index contributed by atoms with van der Waals surface area (Å²) in [5.74, 6) is 1.38. The van der Waals surface area contributed by atoms with E-state index in [4.69, 9.17) is 9.47 Å². The van der Waals surface area contributed by atoms with E-state index in [-0.39, 0.29) is 24.5 Å². The molecule has 1 aliphatic rings. The molecule has 0 fully saturated rings. The Hall–Kier alpha value is -2.89. The number of fused-ring (bicyclic) bond motifs is 1. The molecule has 0 bridgehead atoms. The first-order valence-electron chi connectivity index (χ1n) is 8.27. The first-order valence-corrected chi connectivity index (χ1v) is 8.27. The number of pyridine rings is 1. The molecule has 6 heteroatoms. The molecule has 0 atom stereocenters. The molecular weight excluding hydrogens is 320 g/mol. The molecule has 0 unspecified atom stereocenters. The minimum Gasteiger partial charge on any atom is -0.490 e. The maximum Gasteiger partial charge on any atom is 0.225 e. The lowest BCUT2D eigenvalue weighted by Crippen LogP contribution is -2.14. The van der Waals surface area contributed by atoms with Gasteiger partial charge in [0.25, 0.3) is 0 Å². The zero-order valence-electron chi connectivity index (χ0n) is 14.1. The van der Waals surface area contributed by atoms with Crippen LogP contribution >= 0.6 is 0 Å². The number of benzene rings is 1. The third-order valence-electron chi connectivity index (χ3n) is 3.83. The lowest BCUT2D eigenvalue weighted by Gasteiger charge is -2.09. The van der Waals surface area contributed by atoms with Crippen LogP contribution in [0.4, 0.5) is 5.82 Å². The van der Waals surface area contributed by atoms with E-state index in [9.17, 15) is 9.59 Å². The van der Waals surface area contributed by atoms with Crippen LogP contribution < -0.4 is 14.8 Å². The van der Waals surface area contributed by atoms with E-state index >= 15 is 0 Å². The Balaban J connectivity index is 1.57. The van der Waals surface area contributed by atoms with E-state index in [0.29, 0.717) is 36.1 Å². The molecule has 6 nitrogen and oxygen atoms in total. The van der Waals surface area contributed by atoms with Gasteiger partial charge >= 0.3 is 0 Å². The summed E-state index contributed by atoms with van der Waals surface area (Å²) in [4.78, 5) is 28.4. The van der Waals surface area contributed by atoms with E-state index in [1.54, 1.807) is 30.5 Å². The van der Waals surface area contributed by atoms with Crippen LogP contribution in [0.3, 0.4) is 0 Å². The minimum atomic E-state index is -0.235. The lowest BCUT2D eigenvalue weighted by molar-refractivity contribution is -0.116. The highest BCUT2D eigenvalue weighted by molar-refractivity contribution is 6.00. The van der Waals surface area contributed by atoms with Crippen molar-refractivity contribution in [1.29, 1.82) is 0 Å². The number of anilines is 1. The molecule has 1 amide bonds. The molecule has 0 saturated heterocycles. The molecule has 25 heavy (non-hydrogen) atoms. The Morgan fingerprint density at radius 1 is 1.08 bits per heavy atom. The minimum absolute atomic E-state index is 0.100. The van der Waals surface area contributed by atoms with Crippen molar-refractivity contribution in [2.75, 3.05) is 18.5 Å². The van der Waals surface area contributed by atoms with Gasteiger partial charge in [0.2, 0.25) is 5.91 Å². The van der Waals surface area contributed by atoms with Crippen LogP contribution in [-0.2, 0) is 4.79 Å². The standard InChI is InChI=1S/C19H20N2O4/c1-13-7-8-20-18(11-13)21-19(23)6-4-15(22)14-3-5-16-17(12-14)25-10-2-9-24-16/h3,5,7-8,11-12H,2,4,6,9-10H2,1H3,(H,20,21,23). The van der Waals surface area contributed by atoms with E-state index in [1.165, 1.54) is 0 Å². The summed E-state index contributed by atoms with van der Waals surface area (Å²) in [5.41, 5.74) is 1.53. The number of amides is 1. The number of carbonyl (C=O) groups is 2. The zero-order valence-corrected chi connectivity index (χ0v) is 14.1. The Labute approximate surface area is 146 Å². The normalized spacial score (nSPS) is 13.0. The average Bonchev–Trinajstić information content (AvgIpc) is 2.84. The number of Topliss-reactive ketones (excluding diaryl/α,β-unsaturated/α-hetero) is 1. The predicted octanol–water partition coefficient (Wildman–Crippen LogP) is 3.15. The lowest BCUT2D eigenvalue weighted by atomic mass is 10.1. The van der Waals surface area contributed by atoms with Crippen LogP contribution in [0.5, 0.6) is 11.5 Å². The summed E-state index contributed by atoms with van der Waals surface area (Å²) in [6.07, 6.45) is 2.67. The van der Waals surface area contributed by atoms with E-state index in [1.807, 2.05) is 13.0 Å². The van der Waals surface area contributed by atoms with Crippen molar-refractivity contribution in [3.05, 3.63) is 47.7 Å². The van der Waals surface area contributed by atoms with Crippen molar-refractivity contribution in [3.63, 3.8) is 0 Å². The molecule has 1 N–H and O–H groups in total. The number of ether oxygens (including phenoxy) is 2. The number of carbonyl (C=O) groups excluding carboxylic acids is 2. The predicted molar refractivity (Wildman–Crippen MR) is 93.2 cm³/mol. The number of nitrogens with one attached hydrogen (secondary N) is 1. The van der Waals surface area contributed by atoms with Gasteiger partial charge in [0.05, 0.1) is 13.2 Å². The van der Waals surface area contributed by atoms with Gasteiger partial charge in [-0.1, -0.05) is 0 Å². The van der Waals surface area contributed by atoms with E-state index in [0.717, 1.165) is 12.0 Å². The summed E-state index contributed by atoms with van der Waals surface area (Å²) < 4.78 is 11.1. The zero-order chi connectivity index (χ0) is 17.6. The molecular formula is C19H20N2O4. The summed E-state index contributed by atoms with van der Waals surface area (Å²) in [7, 11) is 0. The first kappa shape index (κ1) is 17.0. The van der Waals surface area contributed by atoms with Crippen molar-refractivity contribution in [2.45, 2.75) is 26.2 Å². The summed E-state index contributed by atoms with van der Waals surface area (Å²) in [6, 6.07) is 8.76. The number of rotatable bonds is 5. The highest BCUT2D eigenvalue weighted by Crippen LogP contribution is 2.30. The number of aromatic nitrogens is 1. The second kappa shape index (κ2) is 7.79.